The van der Waals surface area contributed by atoms with Crippen LogP contribution >= 0.6 is 11.3 Å². The largest absolute Gasteiger partial charge is 0.465 e. The molecule has 0 aliphatic carbocycles. The van der Waals surface area contributed by atoms with E-state index in [-0.39, 0.29) is 5.91 Å². The monoisotopic (exact) mass is 263 g/mol. The quantitative estimate of drug-likeness (QED) is 0.793. The highest BCUT2D eigenvalue weighted by Crippen LogP contribution is 2.15. The normalized spacial score (nSPS) is 9.78. The number of carboxylic acid groups (broad SMARTS) is 1. The Morgan fingerprint density at radius 2 is 1.72 bits per heavy atom. The second-order valence-electron chi connectivity index (χ2n) is 3.30. The van der Waals surface area contributed by atoms with Crippen molar-refractivity contribution in [2.24, 2.45) is 0 Å². The number of amides is 2. The number of hydrogen-bond acceptors (Lipinski definition) is 4. The molecular formula is C11H9N3O3S. The molecule has 0 radical (unpaired) electrons. The van der Waals surface area contributed by atoms with Gasteiger partial charge in [0.15, 0.2) is 5.01 Å². The van der Waals surface area contributed by atoms with Crippen LogP contribution in [0, 0.1) is 0 Å². The molecule has 0 atom stereocenters. The SMILES string of the molecule is O=C(O)Nc1ccc(NC(=O)c2nccs2)cc1. The first-order chi connectivity index (χ1) is 8.65. The first-order valence-electron chi connectivity index (χ1n) is 4.96. The van der Waals surface area contributed by atoms with Crippen LogP contribution in [0.2, 0.25) is 0 Å². The first kappa shape index (κ1) is 12.1. The van der Waals surface area contributed by atoms with Gasteiger partial charge in [-0.25, -0.2) is 9.78 Å². The summed E-state index contributed by atoms with van der Waals surface area (Å²) in [7, 11) is 0. The van der Waals surface area contributed by atoms with Crippen LogP contribution in [0.5, 0.6) is 0 Å². The Bertz CT molecular complexity index is 551. The number of carbonyl (C=O) groups excluding carboxylic acids is 1. The lowest BCUT2D eigenvalue weighted by atomic mass is 10.3. The summed E-state index contributed by atoms with van der Waals surface area (Å²) in [5, 5.41) is 15.5. The average Bonchev–Trinajstić information content (AvgIpc) is 2.84. The molecule has 0 bridgehead atoms. The lowest BCUT2D eigenvalue weighted by Crippen LogP contribution is -2.11. The van der Waals surface area contributed by atoms with Crippen molar-refractivity contribution in [3.8, 4) is 0 Å². The molecule has 0 aliphatic heterocycles. The molecule has 1 aromatic carbocycles. The fraction of sp³-hybridized carbons (Fsp3) is 0. The highest BCUT2D eigenvalue weighted by Gasteiger charge is 2.08. The molecule has 2 rings (SSSR count). The maximum Gasteiger partial charge on any atom is 0.409 e. The molecule has 0 saturated heterocycles. The van der Waals surface area contributed by atoms with E-state index in [4.69, 9.17) is 5.11 Å². The fourth-order valence-electron chi connectivity index (χ4n) is 1.28. The van der Waals surface area contributed by atoms with Crippen molar-refractivity contribution >= 4 is 34.7 Å². The third-order valence-corrected chi connectivity index (χ3v) is 2.79. The minimum absolute atomic E-state index is 0.288. The lowest BCUT2D eigenvalue weighted by Gasteiger charge is -2.04. The predicted octanol–water partition coefficient (Wildman–Crippen LogP) is 2.49. The van der Waals surface area contributed by atoms with E-state index in [1.165, 1.54) is 11.3 Å². The molecule has 1 heterocycles. The van der Waals surface area contributed by atoms with Gasteiger partial charge in [-0.1, -0.05) is 0 Å². The molecule has 7 heteroatoms. The van der Waals surface area contributed by atoms with Gasteiger partial charge in [-0.15, -0.1) is 11.3 Å². The zero-order valence-corrected chi connectivity index (χ0v) is 9.90. The molecule has 0 aliphatic rings. The molecule has 1 aromatic heterocycles. The van der Waals surface area contributed by atoms with Crippen molar-refractivity contribution in [1.82, 2.24) is 4.98 Å². The minimum atomic E-state index is -1.13. The third-order valence-electron chi connectivity index (χ3n) is 2.02. The maximum atomic E-state index is 11.7. The van der Waals surface area contributed by atoms with Crippen molar-refractivity contribution in [3.05, 3.63) is 40.8 Å². The van der Waals surface area contributed by atoms with Crippen LogP contribution in [0.3, 0.4) is 0 Å². The van der Waals surface area contributed by atoms with Crippen molar-refractivity contribution in [2.75, 3.05) is 10.6 Å². The Morgan fingerprint density at radius 1 is 1.11 bits per heavy atom. The van der Waals surface area contributed by atoms with Crippen LogP contribution in [0.4, 0.5) is 16.2 Å². The van der Waals surface area contributed by atoms with E-state index in [9.17, 15) is 9.59 Å². The van der Waals surface area contributed by atoms with Gasteiger partial charge in [0.05, 0.1) is 0 Å². The zero-order valence-electron chi connectivity index (χ0n) is 9.08. The number of hydrogen-bond donors (Lipinski definition) is 3. The zero-order chi connectivity index (χ0) is 13.0. The highest BCUT2D eigenvalue weighted by molar-refractivity contribution is 7.11. The number of thiazole rings is 1. The Balaban J connectivity index is 2.02. The van der Waals surface area contributed by atoms with E-state index < -0.39 is 6.09 Å². The summed E-state index contributed by atoms with van der Waals surface area (Å²) >= 11 is 1.25. The van der Waals surface area contributed by atoms with E-state index in [1.807, 2.05) is 0 Å². The standard InChI is InChI=1S/C11H9N3O3S/c15-9(10-12-5-6-18-10)13-7-1-3-8(4-2-7)14-11(16)17/h1-6,14H,(H,13,15)(H,16,17). The van der Waals surface area contributed by atoms with Crippen LogP contribution < -0.4 is 10.6 Å². The van der Waals surface area contributed by atoms with E-state index in [0.29, 0.717) is 16.4 Å². The van der Waals surface area contributed by atoms with Gasteiger partial charge in [-0.05, 0) is 24.3 Å². The first-order valence-corrected chi connectivity index (χ1v) is 5.84. The molecule has 0 unspecified atom stereocenters. The lowest BCUT2D eigenvalue weighted by molar-refractivity contribution is 0.102. The van der Waals surface area contributed by atoms with E-state index in [2.05, 4.69) is 15.6 Å². The third kappa shape index (κ3) is 3.05. The molecule has 2 amide bonds. The van der Waals surface area contributed by atoms with Crippen LogP contribution in [0.25, 0.3) is 0 Å². The van der Waals surface area contributed by atoms with Gasteiger partial charge >= 0.3 is 6.09 Å². The van der Waals surface area contributed by atoms with Crippen molar-refractivity contribution in [3.63, 3.8) is 0 Å². The van der Waals surface area contributed by atoms with Crippen LogP contribution in [0.15, 0.2) is 35.8 Å². The second-order valence-corrected chi connectivity index (χ2v) is 4.19. The number of benzene rings is 1. The summed E-state index contributed by atoms with van der Waals surface area (Å²) in [4.78, 5) is 25.9. The Kier molecular flexibility index (Phi) is 3.54. The Labute approximate surface area is 106 Å². The highest BCUT2D eigenvalue weighted by atomic mass is 32.1. The second kappa shape index (κ2) is 5.28. The summed E-state index contributed by atoms with van der Waals surface area (Å²) in [5.41, 5.74) is 1.01. The molecule has 3 N–H and O–H groups in total. The summed E-state index contributed by atoms with van der Waals surface area (Å²) in [5.74, 6) is -0.288. The predicted molar refractivity (Wildman–Crippen MR) is 68.2 cm³/mol. The summed E-state index contributed by atoms with van der Waals surface area (Å²) in [6, 6.07) is 6.34. The number of aromatic nitrogens is 1. The molecule has 0 fully saturated rings. The number of carbonyl (C=O) groups is 2. The minimum Gasteiger partial charge on any atom is -0.465 e. The number of nitrogens with one attached hydrogen (secondary N) is 2. The van der Waals surface area contributed by atoms with Crippen molar-refractivity contribution < 1.29 is 14.7 Å². The van der Waals surface area contributed by atoms with Gasteiger partial charge in [0, 0.05) is 23.0 Å². The molecule has 92 valence electrons. The number of anilines is 2. The molecule has 2 aromatic rings. The Hall–Kier alpha value is -2.41. The smallest absolute Gasteiger partial charge is 0.409 e. The average molecular weight is 263 g/mol. The van der Waals surface area contributed by atoms with E-state index in [0.717, 1.165) is 0 Å². The van der Waals surface area contributed by atoms with E-state index in [1.54, 1.807) is 35.8 Å². The van der Waals surface area contributed by atoms with Crippen LogP contribution in [-0.2, 0) is 0 Å². The summed E-state index contributed by atoms with van der Waals surface area (Å²) in [6.45, 7) is 0. The van der Waals surface area contributed by atoms with Crippen LogP contribution in [0.1, 0.15) is 9.80 Å². The summed E-state index contributed by atoms with van der Waals surface area (Å²) in [6.07, 6.45) is 0.425. The molecule has 6 nitrogen and oxygen atoms in total. The number of rotatable bonds is 3. The maximum absolute atomic E-state index is 11.7. The molecule has 0 spiro atoms. The molecule has 18 heavy (non-hydrogen) atoms. The Morgan fingerprint density at radius 3 is 2.22 bits per heavy atom. The van der Waals surface area contributed by atoms with Crippen molar-refractivity contribution in [1.29, 1.82) is 0 Å². The number of nitrogens with zero attached hydrogens (tertiary/aromatic N) is 1. The van der Waals surface area contributed by atoms with Gasteiger partial charge in [0.25, 0.3) is 5.91 Å². The van der Waals surface area contributed by atoms with E-state index >= 15 is 0 Å². The topological polar surface area (TPSA) is 91.3 Å². The molecular weight excluding hydrogens is 254 g/mol. The van der Waals surface area contributed by atoms with Gasteiger partial charge in [0.2, 0.25) is 0 Å². The molecule has 0 saturated carbocycles. The van der Waals surface area contributed by atoms with Gasteiger partial charge in [-0.3, -0.25) is 10.1 Å². The van der Waals surface area contributed by atoms with Crippen LogP contribution in [-0.4, -0.2) is 22.1 Å². The fourth-order valence-corrected chi connectivity index (χ4v) is 1.81. The van der Waals surface area contributed by atoms with Gasteiger partial charge in [-0.2, -0.15) is 0 Å². The van der Waals surface area contributed by atoms with Crippen molar-refractivity contribution in [2.45, 2.75) is 0 Å². The van der Waals surface area contributed by atoms with Gasteiger partial charge in [0.1, 0.15) is 0 Å². The van der Waals surface area contributed by atoms with Gasteiger partial charge < -0.3 is 10.4 Å². The summed E-state index contributed by atoms with van der Waals surface area (Å²) < 4.78 is 0.